The van der Waals surface area contributed by atoms with Gasteiger partial charge in [-0.1, -0.05) is 18.2 Å². The maximum absolute atomic E-state index is 13.8. The van der Waals surface area contributed by atoms with Gasteiger partial charge in [0.25, 0.3) is 0 Å². The first-order valence-corrected chi connectivity index (χ1v) is 10.1. The lowest BCUT2D eigenvalue weighted by Crippen LogP contribution is -2.54. The second-order valence-electron chi connectivity index (χ2n) is 8.48. The standard InChI is InChI=1S/C22H23N3O4/c1-11-17(24-8-7-12-5-3-4-6-15(12)24)20(28)16-13(10-26)22(29-2)21-14(23-21)9-25(22)18(16)19(11)27/h3-6,13-14,21,23,26H,7-10H2,1-2H3. The van der Waals surface area contributed by atoms with Crippen LogP contribution in [0.25, 0.3) is 0 Å². The second-order valence-corrected chi connectivity index (χ2v) is 8.48. The summed E-state index contributed by atoms with van der Waals surface area (Å²) in [6, 6.07) is 8.26. The molecule has 1 aromatic carbocycles. The highest BCUT2D eigenvalue weighted by Crippen LogP contribution is 2.56. The number of ketones is 2. The van der Waals surface area contributed by atoms with Gasteiger partial charge < -0.3 is 25.0 Å². The van der Waals surface area contributed by atoms with Crippen LogP contribution in [-0.2, 0) is 20.7 Å². The molecule has 0 saturated carbocycles. The number of piperazine rings is 1. The molecule has 1 aliphatic carbocycles. The molecule has 0 spiro atoms. The molecule has 0 radical (unpaired) electrons. The van der Waals surface area contributed by atoms with Gasteiger partial charge in [-0.3, -0.25) is 9.59 Å². The van der Waals surface area contributed by atoms with E-state index in [4.69, 9.17) is 4.74 Å². The van der Waals surface area contributed by atoms with Gasteiger partial charge in [0, 0.05) is 43.1 Å². The molecular formula is C22H23N3O4. The Morgan fingerprint density at radius 3 is 2.79 bits per heavy atom. The Kier molecular flexibility index (Phi) is 3.33. The first-order valence-electron chi connectivity index (χ1n) is 10.1. The molecule has 4 atom stereocenters. The first-order chi connectivity index (χ1) is 14.0. The molecule has 4 heterocycles. The Morgan fingerprint density at radius 2 is 2.03 bits per heavy atom. The van der Waals surface area contributed by atoms with Crippen LogP contribution in [0, 0.1) is 5.92 Å². The van der Waals surface area contributed by atoms with E-state index in [0.29, 0.717) is 35.6 Å². The highest BCUT2D eigenvalue weighted by molar-refractivity contribution is 6.27. The summed E-state index contributed by atoms with van der Waals surface area (Å²) in [5, 5.41) is 13.7. The second kappa shape index (κ2) is 5.56. The summed E-state index contributed by atoms with van der Waals surface area (Å²) in [7, 11) is 1.60. The minimum Gasteiger partial charge on any atom is -0.396 e. The minimum atomic E-state index is -0.867. The molecule has 1 aromatic rings. The van der Waals surface area contributed by atoms with Gasteiger partial charge in [0.1, 0.15) is 0 Å². The number of aliphatic hydroxyl groups is 1. The van der Waals surface area contributed by atoms with Crippen LogP contribution in [0.2, 0.25) is 0 Å². The molecule has 150 valence electrons. The van der Waals surface area contributed by atoms with Crippen LogP contribution in [0.4, 0.5) is 5.69 Å². The molecule has 7 heteroatoms. The number of carbonyl (C=O) groups is 2. The molecule has 0 amide bonds. The zero-order valence-corrected chi connectivity index (χ0v) is 16.4. The fourth-order valence-corrected chi connectivity index (χ4v) is 6.03. The number of ether oxygens (including phenoxy) is 1. The van der Waals surface area contributed by atoms with Gasteiger partial charge in [-0.25, -0.2) is 0 Å². The zero-order valence-electron chi connectivity index (χ0n) is 16.4. The number of Topliss-reactive ketones (excluding diaryl/α,β-unsaturated/α-hetero) is 2. The Labute approximate surface area is 168 Å². The zero-order chi connectivity index (χ0) is 20.1. The first kappa shape index (κ1) is 17.4. The molecule has 0 bridgehead atoms. The molecule has 7 nitrogen and oxygen atoms in total. The lowest BCUT2D eigenvalue weighted by molar-refractivity contribution is -0.137. The van der Waals surface area contributed by atoms with Gasteiger partial charge in [0.05, 0.1) is 30.0 Å². The van der Waals surface area contributed by atoms with Crippen molar-refractivity contribution < 1.29 is 19.4 Å². The van der Waals surface area contributed by atoms with Crippen molar-refractivity contribution in [3.05, 3.63) is 52.4 Å². The number of hydrogen-bond donors (Lipinski definition) is 2. The molecule has 0 aromatic heterocycles. The van der Waals surface area contributed by atoms with Crippen LogP contribution in [-0.4, -0.2) is 66.2 Å². The topological polar surface area (TPSA) is 92.0 Å². The van der Waals surface area contributed by atoms with Crippen LogP contribution in [0.3, 0.4) is 0 Å². The van der Waals surface area contributed by atoms with Crippen LogP contribution >= 0.6 is 0 Å². The molecular weight excluding hydrogens is 370 g/mol. The fourth-order valence-electron chi connectivity index (χ4n) is 6.03. The van der Waals surface area contributed by atoms with Crippen molar-refractivity contribution in [1.82, 2.24) is 10.2 Å². The summed E-state index contributed by atoms with van der Waals surface area (Å²) < 4.78 is 5.95. The number of hydrogen-bond acceptors (Lipinski definition) is 7. The Hall–Kier alpha value is -2.48. The molecule has 2 fully saturated rings. The largest absolute Gasteiger partial charge is 0.396 e. The third-order valence-corrected chi connectivity index (χ3v) is 7.34. The summed E-state index contributed by atoms with van der Waals surface area (Å²) >= 11 is 0. The third kappa shape index (κ3) is 1.89. The quantitative estimate of drug-likeness (QED) is 0.566. The maximum Gasteiger partial charge on any atom is 0.208 e. The van der Waals surface area contributed by atoms with E-state index in [1.54, 1.807) is 14.0 Å². The van der Waals surface area contributed by atoms with Crippen molar-refractivity contribution in [2.75, 3.05) is 31.7 Å². The summed E-state index contributed by atoms with van der Waals surface area (Å²) in [6.45, 7) is 2.79. The van der Waals surface area contributed by atoms with Crippen LogP contribution in [0.15, 0.2) is 46.8 Å². The third-order valence-electron chi connectivity index (χ3n) is 7.34. The number of benzene rings is 1. The molecule has 2 saturated heterocycles. The van der Waals surface area contributed by atoms with Crippen molar-refractivity contribution in [2.45, 2.75) is 31.2 Å². The molecule has 4 unspecified atom stereocenters. The van der Waals surface area contributed by atoms with E-state index in [0.717, 1.165) is 12.1 Å². The smallest absolute Gasteiger partial charge is 0.208 e. The predicted octanol–water partition coefficient (Wildman–Crippen LogP) is 0.350. The van der Waals surface area contributed by atoms with E-state index >= 15 is 0 Å². The Morgan fingerprint density at radius 1 is 1.24 bits per heavy atom. The molecule has 29 heavy (non-hydrogen) atoms. The molecule has 6 rings (SSSR count). The number of anilines is 1. The summed E-state index contributed by atoms with van der Waals surface area (Å²) in [4.78, 5) is 31.3. The van der Waals surface area contributed by atoms with Crippen LogP contribution < -0.4 is 10.2 Å². The predicted molar refractivity (Wildman–Crippen MR) is 105 cm³/mol. The van der Waals surface area contributed by atoms with E-state index in [2.05, 4.69) is 11.4 Å². The summed E-state index contributed by atoms with van der Waals surface area (Å²) in [5.41, 5.74) is 3.06. The van der Waals surface area contributed by atoms with E-state index in [-0.39, 0.29) is 30.3 Å². The average Bonchev–Trinajstić information content (AvgIpc) is 3.14. The van der Waals surface area contributed by atoms with Gasteiger partial charge in [0.2, 0.25) is 11.6 Å². The van der Waals surface area contributed by atoms with Gasteiger partial charge >= 0.3 is 0 Å². The minimum absolute atomic E-state index is 0.0205. The highest BCUT2D eigenvalue weighted by atomic mass is 16.5. The van der Waals surface area contributed by atoms with Gasteiger partial charge in [0.15, 0.2) is 5.72 Å². The number of fused-ring (bicyclic) bond motifs is 5. The highest BCUT2D eigenvalue weighted by Gasteiger charge is 2.72. The van der Waals surface area contributed by atoms with Crippen molar-refractivity contribution in [1.29, 1.82) is 0 Å². The lowest BCUT2D eigenvalue weighted by Gasteiger charge is -2.39. The number of para-hydroxylation sites is 1. The van der Waals surface area contributed by atoms with E-state index in [1.165, 1.54) is 5.56 Å². The number of aliphatic hydroxyl groups excluding tert-OH is 1. The normalized spacial score (nSPS) is 34.7. The fraction of sp³-hybridized carbons (Fsp3) is 0.455. The van der Waals surface area contributed by atoms with Crippen LogP contribution in [0.1, 0.15) is 12.5 Å². The lowest BCUT2D eigenvalue weighted by atomic mass is 9.82. The molecule has 5 aliphatic rings. The number of allylic oxidation sites excluding steroid dienone is 2. The van der Waals surface area contributed by atoms with E-state index in [1.807, 2.05) is 28.0 Å². The molecule has 4 aliphatic heterocycles. The van der Waals surface area contributed by atoms with E-state index < -0.39 is 11.6 Å². The Balaban J connectivity index is 1.49. The number of carbonyl (C=O) groups excluding carboxylic acids is 2. The van der Waals surface area contributed by atoms with Crippen LogP contribution in [0.5, 0.6) is 0 Å². The van der Waals surface area contributed by atoms with Gasteiger partial charge in [-0.15, -0.1) is 0 Å². The monoisotopic (exact) mass is 393 g/mol. The summed E-state index contributed by atoms with van der Waals surface area (Å²) in [6.07, 6.45) is 0.839. The SMILES string of the molecule is COC12C(CO)C3=C(C(=O)C(C)=C(N4CCc5ccccc54)C3=O)N1CC1NC12. The van der Waals surface area contributed by atoms with Crippen molar-refractivity contribution in [3.63, 3.8) is 0 Å². The Bertz CT molecular complexity index is 1040. The van der Waals surface area contributed by atoms with Crippen molar-refractivity contribution in [3.8, 4) is 0 Å². The van der Waals surface area contributed by atoms with Gasteiger partial charge in [-0.2, -0.15) is 0 Å². The van der Waals surface area contributed by atoms with Gasteiger partial charge in [-0.05, 0) is 25.0 Å². The number of nitrogens with one attached hydrogen (secondary N) is 1. The number of nitrogens with zero attached hydrogens (tertiary/aromatic N) is 2. The molecule has 2 N–H and O–H groups in total. The summed E-state index contributed by atoms with van der Waals surface area (Å²) in [5.74, 6) is -0.835. The number of methoxy groups -OCH3 is 1. The number of rotatable bonds is 3. The van der Waals surface area contributed by atoms with Crippen molar-refractivity contribution in [2.24, 2.45) is 5.92 Å². The maximum atomic E-state index is 13.8. The van der Waals surface area contributed by atoms with E-state index in [9.17, 15) is 14.7 Å². The average molecular weight is 393 g/mol. The van der Waals surface area contributed by atoms with Crippen molar-refractivity contribution >= 4 is 17.3 Å².